The Hall–Kier alpha value is -2.23. The molecule has 0 fully saturated rings. The van der Waals surface area contributed by atoms with Crippen molar-refractivity contribution in [2.24, 2.45) is 0 Å². The van der Waals surface area contributed by atoms with Crippen molar-refractivity contribution in [2.75, 3.05) is 0 Å². The molecule has 2 aromatic heterocycles. The highest BCUT2D eigenvalue weighted by Crippen LogP contribution is 2.36. The van der Waals surface area contributed by atoms with Gasteiger partial charge in [-0.1, -0.05) is 0 Å². The van der Waals surface area contributed by atoms with Crippen LogP contribution in [0.25, 0.3) is 21.9 Å². The molecule has 4 heteroatoms. The average molecular weight is 286 g/mol. The lowest BCUT2D eigenvalue weighted by Gasteiger charge is -2.06. The van der Waals surface area contributed by atoms with Crippen molar-refractivity contribution in [3.05, 3.63) is 34.8 Å². The predicted molar refractivity (Wildman–Crippen MR) is 80.8 cm³/mol. The zero-order valence-electron chi connectivity index (χ0n) is 12.4. The Balaban J connectivity index is 2.21. The molecular formula is C17H18O4. The van der Waals surface area contributed by atoms with Crippen molar-refractivity contribution in [1.29, 1.82) is 0 Å². The first-order chi connectivity index (χ1) is 9.97. The lowest BCUT2D eigenvalue weighted by atomic mass is 9.98. The van der Waals surface area contributed by atoms with Gasteiger partial charge in [-0.15, -0.1) is 0 Å². The summed E-state index contributed by atoms with van der Waals surface area (Å²) in [4.78, 5) is 10.7. The summed E-state index contributed by atoms with van der Waals surface area (Å²) in [6.07, 6.45) is 1.42. The highest BCUT2D eigenvalue weighted by atomic mass is 16.4. The molecule has 2 heterocycles. The van der Waals surface area contributed by atoms with E-state index in [0.717, 1.165) is 44.6 Å². The minimum Gasteiger partial charge on any atom is -0.481 e. The predicted octanol–water partition coefficient (Wildman–Crippen LogP) is 4.51. The first kappa shape index (κ1) is 13.7. The molecule has 3 aromatic rings. The molecule has 0 amide bonds. The molecular weight excluding hydrogens is 268 g/mol. The molecule has 1 aromatic carbocycles. The largest absolute Gasteiger partial charge is 0.481 e. The number of aryl methyl sites for hydroxylation is 4. The van der Waals surface area contributed by atoms with Crippen LogP contribution in [0.4, 0.5) is 0 Å². The number of hydrogen-bond acceptors (Lipinski definition) is 3. The van der Waals surface area contributed by atoms with Crippen LogP contribution in [0.3, 0.4) is 0 Å². The van der Waals surface area contributed by atoms with Crippen LogP contribution in [0.15, 0.2) is 21.0 Å². The summed E-state index contributed by atoms with van der Waals surface area (Å²) in [7, 11) is 0. The molecule has 110 valence electrons. The van der Waals surface area contributed by atoms with E-state index in [0.29, 0.717) is 12.8 Å². The summed E-state index contributed by atoms with van der Waals surface area (Å²) in [5.41, 5.74) is 3.87. The van der Waals surface area contributed by atoms with E-state index in [2.05, 4.69) is 0 Å². The van der Waals surface area contributed by atoms with Crippen molar-refractivity contribution >= 4 is 27.9 Å². The lowest BCUT2D eigenvalue weighted by molar-refractivity contribution is -0.137. The molecule has 0 aliphatic heterocycles. The number of aliphatic carboxylic acids is 1. The van der Waals surface area contributed by atoms with Gasteiger partial charge in [0.15, 0.2) is 0 Å². The summed E-state index contributed by atoms with van der Waals surface area (Å²) in [5.74, 6) is 0.947. The number of carboxylic acid groups (broad SMARTS) is 1. The maximum atomic E-state index is 10.7. The van der Waals surface area contributed by atoms with Crippen molar-refractivity contribution in [3.8, 4) is 0 Å². The minimum atomic E-state index is -0.770. The quantitative estimate of drug-likeness (QED) is 0.766. The summed E-state index contributed by atoms with van der Waals surface area (Å²) in [6.45, 7) is 5.88. The third-order valence-electron chi connectivity index (χ3n) is 3.87. The van der Waals surface area contributed by atoms with Gasteiger partial charge in [0.2, 0.25) is 0 Å². The van der Waals surface area contributed by atoms with Gasteiger partial charge in [-0.3, -0.25) is 4.79 Å². The Kier molecular flexibility index (Phi) is 3.24. The number of furan rings is 2. The smallest absolute Gasteiger partial charge is 0.303 e. The molecule has 0 saturated carbocycles. The zero-order valence-corrected chi connectivity index (χ0v) is 12.4. The average Bonchev–Trinajstić information content (AvgIpc) is 2.96. The Morgan fingerprint density at radius 3 is 2.33 bits per heavy atom. The van der Waals surface area contributed by atoms with E-state index < -0.39 is 5.97 Å². The molecule has 4 nitrogen and oxygen atoms in total. The number of fused-ring (bicyclic) bond motifs is 2. The van der Waals surface area contributed by atoms with Gasteiger partial charge < -0.3 is 13.9 Å². The first-order valence-electron chi connectivity index (χ1n) is 7.11. The summed E-state index contributed by atoms with van der Waals surface area (Å²) >= 11 is 0. The van der Waals surface area contributed by atoms with Crippen molar-refractivity contribution < 1.29 is 18.7 Å². The van der Waals surface area contributed by atoms with E-state index in [1.807, 2.05) is 32.9 Å². The van der Waals surface area contributed by atoms with Gasteiger partial charge in [-0.25, -0.2) is 0 Å². The highest BCUT2D eigenvalue weighted by molar-refractivity contribution is 6.01. The number of carboxylic acids is 1. The molecule has 0 atom stereocenters. The molecule has 0 aliphatic carbocycles. The van der Waals surface area contributed by atoms with Gasteiger partial charge in [-0.05, 0) is 45.7 Å². The van der Waals surface area contributed by atoms with Gasteiger partial charge in [0, 0.05) is 28.3 Å². The normalized spacial score (nSPS) is 11.6. The Morgan fingerprint density at radius 1 is 1.05 bits per heavy atom. The third-order valence-corrected chi connectivity index (χ3v) is 3.87. The SMILES string of the molecule is Cc1cc2c(CCCC(=O)O)c3oc(C)cc3c(C)c2o1. The third kappa shape index (κ3) is 2.31. The summed E-state index contributed by atoms with van der Waals surface area (Å²) in [6, 6.07) is 4.03. The second kappa shape index (κ2) is 4.95. The fourth-order valence-corrected chi connectivity index (χ4v) is 2.94. The minimum absolute atomic E-state index is 0.160. The summed E-state index contributed by atoms with van der Waals surface area (Å²) in [5, 5.41) is 10.9. The standard InChI is InChI=1S/C17H18O4/c1-9-7-13-11(3)16-14(8-10(2)20-16)12(17(13)21-9)5-4-6-15(18)19/h7-8H,4-6H2,1-3H3,(H,18,19). The number of hydrogen-bond donors (Lipinski definition) is 1. The van der Waals surface area contributed by atoms with Gasteiger partial charge in [-0.2, -0.15) is 0 Å². The van der Waals surface area contributed by atoms with E-state index in [1.165, 1.54) is 0 Å². The highest BCUT2D eigenvalue weighted by Gasteiger charge is 2.18. The second-order valence-electron chi connectivity index (χ2n) is 5.55. The van der Waals surface area contributed by atoms with Crippen LogP contribution in [0.5, 0.6) is 0 Å². The van der Waals surface area contributed by atoms with Gasteiger partial charge >= 0.3 is 5.97 Å². The molecule has 3 rings (SSSR count). The van der Waals surface area contributed by atoms with Gasteiger partial charge in [0.1, 0.15) is 22.7 Å². The molecule has 0 aliphatic rings. The number of benzene rings is 1. The van der Waals surface area contributed by atoms with Crippen LogP contribution in [0.2, 0.25) is 0 Å². The van der Waals surface area contributed by atoms with Crippen LogP contribution < -0.4 is 0 Å². The van der Waals surface area contributed by atoms with E-state index in [1.54, 1.807) is 0 Å². The van der Waals surface area contributed by atoms with E-state index in [9.17, 15) is 4.79 Å². The van der Waals surface area contributed by atoms with E-state index in [-0.39, 0.29) is 6.42 Å². The van der Waals surface area contributed by atoms with Crippen molar-refractivity contribution in [3.63, 3.8) is 0 Å². The van der Waals surface area contributed by atoms with E-state index >= 15 is 0 Å². The monoisotopic (exact) mass is 286 g/mol. The van der Waals surface area contributed by atoms with Crippen molar-refractivity contribution in [1.82, 2.24) is 0 Å². The maximum Gasteiger partial charge on any atom is 0.303 e. The maximum absolute atomic E-state index is 10.7. The van der Waals surface area contributed by atoms with Crippen LogP contribution >= 0.6 is 0 Å². The summed E-state index contributed by atoms with van der Waals surface area (Å²) < 4.78 is 11.7. The van der Waals surface area contributed by atoms with Crippen LogP contribution in [0.1, 0.15) is 35.5 Å². The van der Waals surface area contributed by atoms with Crippen LogP contribution in [0, 0.1) is 20.8 Å². The Labute approximate surface area is 122 Å². The first-order valence-corrected chi connectivity index (χ1v) is 7.11. The molecule has 0 spiro atoms. The van der Waals surface area contributed by atoms with Crippen LogP contribution in [-0.4, -0.2) is 11.1 Å². The Morgan fingerprint density at radius 2 is 1.67 bits per heavy atom. The Bertz CT molecular complexity index is 778. The molecule has 0 radical (unpaired) electrons. The fraction of sp³-hybridized carbons (Fsp3) is 0.353. The molecule has 0 saturated heterocycles. The fourth-order valence-electron chi connectivity index (χ4n) is 2.94. The molecule has 1 N–H and O–H groups in total. The van der Waals surface area contributed by atoms with Crippen LogP contribution in [-0.2, 0) is 11.2 Å². The van der Waals surface area contributed by atoms with Gasteiger partial charge in [0.05, 0.1) is 0 Å². The molecule has 0 unspecified atom stereocenters. The zero-order chi connectivity index (χ0) is 15.1. The number of rotatable bonds is 4. The van der Waals surface area contributed by atoms with E-state index in [4.69, 9.17) is 13.9 Å². The second-order valence-corrected chi connectivity index (χ2v) is 5.55. The lowest BCUT2D eigenvalue weighted by Crippen LogP contribution is -1.97. The van der Waals surface area contributed by atoms with Crippen molar-refractivity contribution in [2.45, 2.75) is 40.0 Å². The topological polar surface area (TPSA) is 63.6 Å². The number of carbonyl (C=O) groups is 1. The van der Waals surface area contributed by atoms with Gasteiger partial charge in [0.25, 0.3) is 0 Å². The molecule has 21 heavy (non-hydrogen) atoms. The molecule has 0 bridgehead atoms.